The molecule has 24 heavy (non-hydrogen) atoms. The number of aromatic nitrogens is 3. The number of carbonyl (C=O) groups excluding carboxylic acids is 2. The average molecular weight is 344 g/mol. The van der Waals surface area contributed by atoms with Crippen LogP contribution in [0.1, 0.15) is 38.3 Å². The van der Waals surface area contributed by atoms with Crippen molar-refractivity contribution < 1.29 is 14.0 Å². The third-order valence-electron chi connectivity index (χ3n) is 3.27. The van der Waals surface area contributed by atoms with Gasteiger partial charge in [-0.25, -0.2) is 4.39 Å². The van der Waals surface area contributed by atoms with Crippen molar-refractivity contribution in [3.8, 4) is 0 Å². The first kappa shape index (κ1) is 16.0. The van der Waals surface area contributed by atoms with E-state index in [-0.39, 0.29) is 17.3 Å². The zero-order valence-electron chi connectivity index (χ0n) is 12.7. The second-order valence-electron chi connectivity index (χ2n) is 5.12. The highest BCUT2D eigenvalue weighted by molar-refractivity contribution is 7.15. The monoisotopic (exact) mass is 344 g/mol. The van der Waals surface area contributed by atoms with Crippen molar-refractivity contribution in [2.75, 3.05) is 5.32 Å². The molecule has 0 fully saturated rings. The molecule has 0 saturated carbocycles. The van der Waals surface area contributed by atoms with E-state index in [1.54, 1.807) is 12.1 Å². The van der Waals surface area contributed by atoms with Crippen LogP contribution in [0.4, 0.5) is 9.52 Å². The van der Waals surface area contributed by atoms with Gasteiger partial charge in [-0.05, 0) is 30.7 Å². The van der Waals surface area contributed by atoms with E-state index in [9.17, 15) is 14.0 Å². The van der Waals surface area contributed by atoms with E-state index < -0.39 is 5.91 Å². The van der Waals surface area contributed by atoms with Gasteiger partial charge in [0.05, 0.1) is 0 Å². The standard InChI is InChI=1S/C16H13FN4O2S/c1-9(22)11-7-13(18-8-11)15(23)19-16-21-20-14(24-16)6-10-3-2-4-12(17)5-10/h2-5,7-8,18H,6H2,1H3,(H,19,21,23). The number of amides is 1. The Morgan fingerprint density at radius 1 is 1.29 bits per heavy atom. The number of nitrogens with one attached hydrogen (secondary N) is 2. The van der Waals surface area contributed by atoms with Crippen molar-refractivity contribution in [1.29, 1.82) is 0 Å². The van der Waals surface area contributed by atoms with Crippen LogP contribution in [0.3, 0.4) is 0 Å². The second kappa shape index (κ2) is 6.71. The SMILES string of the molecule is CC(=O)c1c[nH]c(C(=O)Nc2nnc(Cc3cccc(F)c3)s2)c1. The first-order valence-corrected chi connectivity index (χ1v) is 7.90. The number of anilines is 1. The van der Waals surface area contributed by atoms with Gasteiger partial charge in [-0.15, -0.1) is 10.2 Å². The normalized spacial score (nSPS) is 10.6. The Hall–Kier alpha value is -2.87. The molecule has 1 aromatic carbocycles. The lowest BCUT2D eigenvalue weighted by Crippen LogP contribution is -2.11. The smallest absolute Gasteiger partial charge is 0.273 e. The minimum atomic E-state index is -0.407. The summed E-state index contributed by atoms with van der Waals surface area (Å²) < 4.78 is 13.2. The third kappa shape index (κ3) is 3.72. The van der Waals surface area contributed by atoms with E-state index in [1.807, 2.05) is 0 Å². The molecule has 2 N–H and O–H groups in total. The molecule has 0 aliphatic heterocycles. The van der Waals surface area contributed by atoms with Crippen molar-refractivity contribution >= 4 is 28.2 Å². The first-order chi connectivity index (χ1) is 11.5. The van der Waals surface area contributed by atoms with Crippen LogP contribution in [0.5, 0.6) is 0 Å². The highest BCUT2D eigenvalue weighted by atomic mass is 32.1. The van der Waals surface area contributed by atoms with Crippen LogP contribution in [0.15, 0.2) is 36.5 Å². The quantitative estimate of drug-likeness (QED) is 0.696. The van der Waals surface area contributed by atoms with Gasteiger partial charge in [0, 0.05) is 18.2 Å². The fourth-order valence-corrected chi connectivity index (χ4v) is 2.86. The predicted octanol–water partition coefficient (Wildman–Crippen LogP) is 3.05. The molecule has 0 aliphatic rings. The molecule has 0 atom stereocenters. The maximum Gasteiger partial charge on any atom is 0.273 e. The van der Waals surface area contributed by atoms with Crippen molar-refractivity contribution in [2.45, 2.75) is 13.3 Å². The Kier molecular flexibility index (Phi) is 4.48. The number of carbonyl (C=O) groups is 2. The Morgan fingerprint density at radius 3 is 2.83 bits per heavy atom. The zero-order valence-corrected chi connectivity index (χ0v) is 13.5. The largest absolute Gasteiger partial charge is 0.356 e. The van der Waals surface area contributed by atoms with E-state index in [0.717, 1.165) is 5.56 Å². The molecule has 122 valence electrons. The van der Waals surface area contributed by atoms with Crippen LogP contribution in [0.2, 0.25) is 0 Å². The summed E-state index contributed by atoms with van der Waals surface area (Å²) in [6.07, 6.45) is 1.91. The lowest BCUT2D eigenvalue weighted by atomic mass is 10.1. The molecule has 3 aromatic rings. The molecule has 0 aliphatic carbocycles. The van der Waals surface area contributed by atoms with Gasteiger partial charge in [0.1, 0.15) is 16.5 Å². The second-order valence-corrected chi connectivity index (χ2v) is 6.18. The number of halogens is 1. The fraction of sp³-hybridized carbons (Fsp3) is 0.125. The maximum absolute atomic E-state index is 13.2. The summed E-state index contributed by atoms with van der Waals surface area (Å²) >= 11 is 1.21. The Morgan fingerprint density at radius 2 is 2.12 bits per heavy atom. The van der Waals surface area contributed by atoms with Gasteiger partial charge >= 0.3 is 0 Å². The van der Waals surface area contributed by atoms with Gasteiger partial charge in [0.15, 0.2) is 5.78 Å². The van der Waals surface area contributed by atoms with Crippen molar-refractivity contribution in [2.24, 2.45) is 0 Å². The molecule has 2 aromatic heterocycles. The average Bonchev–Trinajstić information content (AvgIpc) is 3.17. The summed E-state index contributed by atoms with van der Waals surface area (Å²) in [7, 11) is 0. The first-order valence-electron chi connectivity index (χ1n) is 7.09. The minimum Gasteiger partial charge on any atom is -0.356 e. The number of rotatable bonds is 5. The van der Waals surface area contributed by atoms with Gasteiger partial charge < -0.3 is 4.98 Å². The molecule has 0 radical (unpaired) electrons. The number of Topliss-reactive ketones (excluding diaryl/α,β-unsaturated/α-hetero) is 1. The maximum atomic E-state index is 13.2. The van der Waals surface area contributed by atoms with Crippen LogP contribution in [0, 0.1) is 5.82 Å². The summed E-state index contributed by atoms with van der Waals surface area (Å²) in [5.41, 5.74) is 1.48. The molecule has 0 saturated heterocycles. The Balaban J connectivity index is 1.67. The number of ketones is 1. The number of aromatic amines is 1. The van der Waals surface area contributed by atoms with Crippen molar-refractivity contribution in [3.05, 3.63) is 64.2 Å². The number of benzene rings is 1. The zero-order chi connectivity index (χ0) is 17.1. The molecule has 0 unspecified atom stereocenters. The molecule has 2 heterocycles. The highest BCUT2D eigenvalue weighted by Crippen LogP contribution is 2.19. The van der Waals surface area contributed by atoms with Gasteiger partial charge in [-0.1, -0.05) is 23.5 Å². The molecule has 3 rings (SSSR count). The van der Waals surface area contributed by atoms with E-state index in [2.05, 4.69) is 20.5 Å². The number of H-pyrrole nitrogens is 1. The van der Waals surface area contributed by atoms with Crippen LogP contribution in [0.25, 0.3) is 0 Å². The molecule has 1 amide bonds. The lowest BCUT2D eigenvalue weighted by molar-refractivity contribution is 0.101. The Labute approximate surface area is 140 Å². The van der Waals surface area contributed by atoms with Gasteiger partial charge in [0.25, 0.3) is 5.91 Å². The summed E-state index contributed by atoms with van der Waals surface area (Å²) in [5, 5.41) is 11.5. The highest BCUT2D eigenvalue weighted by Gasteiger charge is 2.13. The number of hydrogen-bond donors (Lipinski definition) is 2. The van der Waals surface area contributed by atoms with E-state index in [0.29, 0.717) is 22.1 Å². The van der Waals surface area contributed by atoms with Gasteiger partial charge in [0.2, 0.25) is 5.13 Å². The minimum absolute atomic E-state index is 0.126. The molecule has 6 nitrogen and oxygen atoms in total. The summed E-state index contributed by atoms with van der Waals surface area (Å²) in [6.45, 7) is 1.42. The topological polar surface area (TPSA) is 87.7 Å². The predicted molar refractivity (Wildman–Crippen MR) is 87.9 cm³/mol. The lowest BCUT2D eigenvalue weighted by Gasteiger charge is -1.98. The molecule has 0 spiro atoms. The number of nitrogens with zero attached hydrogens (tertiary/aromatic N) is 2. The summed E-state index contributed by atoms with van der Waals surface area (Å²) in [6, 6.07) is 7.71. The number of hydrogen-bond acceptors (Lipinski definition) is 5. The van der Waals surface area contributed by atoms with Crippen LogP contribution in [-0.2, 0) is 6.42 Å². The van der Waals surface area contributed by atoms with Crippen LogP contribution >= 0.6 is 11.3 Å². The summed E-state index contributed by atoms with van der Waals surface area (Å²) in [4.78, 5) is 26.1. The van der Waals surface area contributed by atoms with E-state index in [4.69, 9.17) is 0 Å². The van der Waals surface area contributed by atoms with Crippen molar-refractivity contribution in [1.82, 2.24) is 15.2 Å². The fourth-order valence-electron chi connectivity index (χ4n) is 2.09. The molecular formula is C16H13FN4O2S. The van der Waals surface area contributed by atoms with Crippen molar-refractivity contribution in [3.63, 3.8) is 0 Å². The van der Waals surface area contributed by atoms with Gasteiger partial charge in [-0.2, -0.15) is 0 Å². The van der Waals surface area contributed by atoms with Crippen LogP contribution < -0.4 is 5.32 Å². The van der Waals surface area contributed by atoms with E-state index in [1.165, 1.54) is 42.7 Å². The molecular weight excluding hydrogens is 331 g/mol. The Bertz CT molecular complexity index is 903. The van der Waals surface area contributed by atoms with Crippen LogP contribution in [-0.4, -0.2) is 26.9 Å². The third-order valence-corrected chi connectivity index (χ3v) is 4.10. The van der Waals surface area contributed by atoms with Gasteiger partial charge in [-0.3, -0.25) is 14.9 Å². The summed E-state index contributed by atoms with van der Waals surface area (Å²) in [5.74, 6) is -0.840. The molecule has 8 heteroatoms. The van der Waals surface area contributed by atoms with E-state index >= 15 is 0 Å². The molecule has 0 bridgehead atoms.